The minimum atomic E-state index is -0.430. The van der Waals surface area contributed by atoms with Crippen LogP contribution in [0.1, 0.15) is 40.5 Å². The van der Waals surface area contributed by atoms with Crippen molar-refractivity contribution in [2.45, 2.75) is 40.5 Å². The van der Waals surface area contributed by atoms with Gasteiger partial charge < -0.3 is 10.1 Å². The fourth-order valence-corrected chi connectivity index (χ4v) is 1.51. The number of esters is 1. The minimum Gasteiger partial charge on any atom is -0.469 e. The van der Waals surface area contributed by atoms with Crippen molar-refractivity contribution in [1.29, 1.82) is 0 Å². The lowest BCUT2D eigenvalue weighted by Crippen LogP contribution is -2.38. The van der Waals surface area contributed by atoms with Gasteiger partial charge in [-0.1, -0.05) is 26.7 Å². The first-order valence-corrected chi connectivity index (χ1v) is 5.77. The predicted molar refractivity (Wildman–Crippen MR) is 62.7 cm³/mol. The van der Waals surface area contributed by atoms with E-state index in [1.54, 1.807) is 0 Å². The second-order valence-electron chi connectivity index (χ2n) is 4.69. The van der Waals surface area contributed by atoms with Crippen LogP contribution in [0.2, 0.25) is 0 Å². The SMILES string of the molecule is CCC(CC)CNCC(C)(C)C(=O)OC. The summed E-state index contributed by atoms with van der Waals surface area (Å²) in [5.41, 5.74) is -0.430. The third-order valence-corrected chi connectivity index (χ3v) is 2.89. The van der Waals surface area contributed by atoms with Crippen molar-refractivity contribution in [3.8, 4) is 0 Å². The highest BCUT2D eigenvalue weighted by Crippen LogP contribution is 2.15. The first kappa shape index (κ1) is 14.4. The summed E-state index contributed by atoms with van der Waals surface area (Å²) in [5.74, 6) is 0.554. The Labute approximate surface area is 93.6 Å². The van der Waals surface area contributed by atoms with Crippen molar-refractivity contribution in [1.82, 2.24) is 5.32 Å². The van der Waals surface area contributed by atoms with Crippen LogP contribution in [-0.4, -0.2) is 26.2 Å². The fourth-order valence-electron chi connectivity index (χ4n) is 1.51. The van der Waals surface area contributed by atoms with E-state index in [0.29, 0.717) is 12.5 Å². The van der Waals surface area contributed by atoms with Crippen LogP contribution in [0, 0.1) is 11.3 Å². The van der Waals surface area contributed by atoms with Gasteiger partial charge in [0.1, 0.15) is 0 Å². The maximum Gasteiger partial charge on any atom is 0.312 e. The van der Waals surface area contributed by atoms with E-state index in [1.165, 1.54) is 20.0 Å². The average Bonchev–Trinajstić information content (AvgIpc) is 2.23. The van der Waals surface area contributed by atoms with Crippen molar-refractivity contribution < 1.29 is 9.53 Å². The lowest BCUT2D eigenvalue weighted by Gasteiger charge is -2.23. The summed E-state index contributed by atoms with van der Waals surface area (Å²) in [5, 5.41) is 3.34. The zero-order chi connectivity index (χ0) is 11.9. The van der Waals surface area contributed by atoms with Crippen LogP contribution < -0.4 is 5.32 Å². The van der Waals surface area contributed by atoms with Gasteiger partial charge in [-0.3, -0.25) is 4.79 Å². The fraction of sp³-hybridized carbons (Fsp3) is 0.917. The van der Waals surface area contributed by atoms with E-state index in [-0.39, 0.29) is 5.97 Å². The molecule has 0 unspecified atom stereocenters. The van der Waals surface area contributed by atoms with Gasteiger partial charge in [-0.05, 0) is 26.3 Å². The molecule has 90 valence electrons. The van der Waals surface area contributed by atoms with Crippen molar-refractivity contribution >= 4 is 5.97 Å². The number of ether oxygens (including phenoxy) is 1. The molecule has 0 atom stereocenters. The molecule has 0 bridgehead atoms. The number of rotatable bonds is 7. The molecule has 0 aliphatic carbocycles. The molecule has 3 nitrogen and oxygen atoms in total. The Morgan fingerprint density at radius 3 is 2.27 bits per heavy atom. The molecular formula is C12H25NO2. The van der Waals surface area contributed by atoms with E-state index >= 15 is 0 Å². The summed E-state index contributed by atoms with van der Waals surface area (Å²) < 4.78 is 4.75. The molecule has 0 aromatic rings. The summed E-state index contributed by atoms with van der Waals surface area (Å²) in [6.45, 7) is 9.85. The van der Waals surface area contributed by atoms with Crippen molar-refractivity contribution in [2.75, 3.05) is 20.2 Å². The zero-order valence-electron chi connectivity index (χ0n) is 10.7. The molecule has 0 radical (unpaired) electrons. The minimum absolute atomic E-state index is 0.153. The van der Waals surface area contributed by atoms with Gasteiger partial charge in [0, 0.05) is 6.54 Å². The summed E-state index contributed by atoms with van der Waals surface area (Å²) in [6.07, 6.45) is 2.37. The highest BCUT2D eigenvalue weighted by atomic mass is 16.5. The Morgan fingerprint density at radius 1 is 1.33 bits per heavy atom. The number of carbonyl (C=O) groups is 1. The molecule has 0 aromatic carbocycles. The first-order chi connectivity index (χ1) is 6.97. The zero-order valence-corrected chi connectivity index (χ0v) is 10.7. The molecule has 0 fully saturated rings. The van der Waals surface area contributed by atoms with Gasteiger partial charge >= 0.3 is 5.97 Å². The van der Waals surface area contributed by atoms with E-state index in [0.717, 1.165) is 6.54 Å². The van der Waals surface area contributed by atoms with Crippen LogP contribution in [0.15, 0.2) is 0 Å². The third kappa shape index (κ3) is 5.17. The number of methoxy groups -OCH3 is 1. The molecule has 3 heteroatoms. The Balaban J connectivity index is 3.88. The lowest BCUT2D eigenvalue weighted by molar-refractivity contribution is -0.150. The van der Waals surface area contributed by atoms with Gasteiger partial charge in [-0.15, -0.1) is 0 Å². The molecule has 0 saturated heterocycles. The second-order valence-corrected chi connectivity index (χ2v) is 4.69. The molecule has 1 N–H and O–H groups in total. The van der Waals surface area contributed by atoms with Crippen LogP contribution in [0.4, 0.5) is 0 Å². The van der Waals surface area contributed by atoms with E-state index in [4.69, 9.17) is 4.74 Å². The largest absolute Gasteiger partial charge is 0.469 e. The molecule has 0 aliphatic heterocycles. The van der Waals surface area contributed by atoms with E-state index in [9.17, 15) is 4.79 Å². The Bertz CT molecular complexity index is 186. The first-order valence-electron chi connectivity index (χ1n) is 5.77. The van der Waals surface area contributed by atoms with E-state index in [2.05, 4.69) is 19.2 Å². The van der Waals surface area contributed by atoms with Gasteiger partial charge in [-0.25, -0.2) is 0 Å². The van der Waals surface area contributed by atoms with Crippen molar-refractivity contribution in [3.05, 3.63) is 0 Å². The molecule has 0 rings (SSSR count). The highest BCUT2D eigenvalue weighted by Gasteiger charge is 2.28. The molecule has 15 heavy (non-hydrogen) atoms. The Hall–Kier alpha value is -0.570. The topological polar surface area (TPSA) is 38.3 Å². The van der Waals surface area contributed by atoms with Crippen LogP contribution in [0.3, 0.4) is 0 Å². The van der Waals surface area contributed by atoms with Crippen LogP contribution >= 0.6 is 0 Å². The molecular weight excluding hydrogens is 190 g/mol. The van der Waals surface area contributed by atoms with Crippen LogP contribution in [0.25, 0.3) is 0 Å². The summed E-state index contributed by atoms with van der Waals surface area (Å²) in [6, 6.07) is 0. The van der Waals surface area contributed by atoms with E-state index < -0.39 is 5.41 Å². The lowest BCUT2D eigenvalue weighted by atomic mass is 9.93. The number of hydrogen-bond donors (Lipinski definition) is 1. The van der Waals surface area contributed by atoms with Gasteiger partial charge in [-0.2, -0.15) is 0 Å². The molecule has 0 amide bonds. The normalized spacial score (nSPS) is 11.9. The number of hydrogen-bond acceptors (Lipinski definition) is 3. The van der Waals surface area contributed by atoms with Gasteiger partial charge in [0.25, 0.3) is 0 Å². The maximum absolute atomic E-state index is 11.4. The molecule has 0 spiro atoms. The molecule has 0 aliphatic rings. The van der Waals surface area contributed by atoms with Crippen LogP contribution in [0.5, 0.6) is 0 Å². The Morgan fingerprint density at radius 2 is 1.87 bits per heavy atom. The molecule has 0 heterocycles. The van der Waals surface area contributed by atoms with Gasteiger partial charge in [0.15, 0.2) is 0 Å². The highest BCUT2D eigenvalue weighted by molar-refractivity contribution is 5.76. The summed E-state index contributed by atoms with van der Waals surface area (Å²) in [7, 11) is 1.44. The summed E-state index contributed by atoms with van der Waals surface area (Å²) in [4.78, 5) is 11.4. The van der Waals surface area contributed by atoms with Crippen LogP contribution in [-0.2, 0) is 9.53 Å². The Kier molecular flexibility index (Phi) is 6.57. The quantitative estimate of drug-likeness (QED) is 0.662. The number of carbonyl (C=O) groups excluding carboxylic acids is 1. The van der Waals surface area contributed by atoms with E-state index in [1.807, 2.05) is 13.8 Å². The predicted octanol–water partition coefficient (Wildman–Crippen LogP) is 2.21. The third-order valence-electron chi connectivity index (χ3n) is 2.89. The van der Waals surface area contributed by atoms with Gasteiger partial charge in [0.2, 0.25) is 0 Å². The molecule has 0 aromatic heterocycles. The second kappa shape index (κ2) is 6.83. The smallest absolute Gasteiger partial charge is 0.312 e. The maximum atomic E-state index is 11.4. The molecule has 0 saturated carbocycles. The average molecular weight is 215 g/mol. The summed E-state index contributed by atoms with van der Waals surface area (Å²) >= 11 is 0. The monoisotopic (exact) mass is 215 g/mol. The van der Waals surface area contributed by atoms with Crippen molar-refractivity contribution in [3.63, 3.8) is 0 Å². The van der Waals surface area contributed by atoms with Gasteiger partial charge in [0.05, 0.1) is 12.5 Å². The van der Waals surface area contributed by atoms with Crippen molar-refractivity contribution in [2.24, 2.45) is 11.3 Å². The standard InChI is InChI=1S/C12H25NO2/c1-6-10(7-2)8-13-9-12(3,4)11(14)15-5/h10,13H,6-9H2,1-5H3. The number of nitrogens with one attached hydrogen (secondary N) is 1.